The molecule has 9 aromatic carbocycles. The van der Waals surface area contributed by atoms with Crippen LogP contribution in [0.5, 0.6) is 0 Å². The third-order valence-electron chi connectivity index (χ3n) is 11.9. The third kappa shape index (κ3) is 4.81. The summed E-state index contributed by atoms with van der Waals surface area (Å²) < 4.78 is 0. The largest absolute Gasteiger partial charge is 0.309 e. The molecule has 1 unspecified atom stereocenters. The fourth-order valence-corrected chi connectivity index (χ4v) is 9.54. The zero-order valence-corrected chi connectivity index (χ0v) is 30.8. The summed E-state index contributed by atoms with van der Waals surface area (Å²) in [7, 11) is 0. The van der Waals surface area contributed by atoms with Crippen LogP contribution >= 0.6 is 0 Å². The normalized spacial score (nSPS) is 14.5. The van der Waals surface area contributed by atoms with Crippen LogP contribution in [-0.4, -0.2) is 0 Å². The Morgan fingerprint density at radius 1 is 0.268 bits per heavy atom. The van der Waals surface area contributed by atoms with E-state index in [1.165, 1.54) is 77.9 Å². The summed E-state index contributed by atoms with van der Waals surface area (Å²) in [6.45, 7) is 0. The molecule has 11 rings (SSSR count). The molecule has 0 heterocycles. The molecule has 1 nitrogen and oxygen atoms in total. The fraction of sp³-hybridized carbons (Fsp3) is 0.0182. The van der Waals surface area contributed by atoms with E-state index >= 15 is 0 Å². The van der Waals surface area contributed by atoms with Gasteiger partial charge >= 0.3 is 0 Å². The number of hydrogen-bond donors (Lipinski definition) is 0. The maximum atomic E-state index is 2.49. The lowest BCUT2D eigenvalue weighted by atomic mass is 9.70. The highest BCUT2D eigenvalue weighted by Crippen LogP contribution is 2.65. The van der Waals surface area contributed by atoms with Gasteiger partial charge in [-0.1, -0.05) is 194 Å². The molecule has 2 aliphatic rings. The average molecular weight is 712 g/mol. The molecule has 0 fully saturated rings. The number of nitrogens with zero attached hydrogens (tertiary/aromatic N) is 1. The molecule has 262 valence electrons. The second-order valence-corrected chi connectivity index (χ2v) is 14.8. The number of fused-ring (bicyclic) bond motifs is 10. The van der Waals surface area contributed by atoms with E-state index < -0.39 is 5.41 Å². The number of hydrogen-bond acceptors (Lipinski definition) is 1. The first-order valence-corrected chi connectivity index (χ1v) is 19.4. The van der Waals surface area contributed by atoms with Gasteiger partial charge in [0.2, 0.25) is 0 Å². The van der Waals surface area contributed by atoms with E-state index in [-0.39, 0.29) is 0 Å². The predicted molar refractivity (Wildman–Crippen MR) is 234 cm³/mol. The molecular formula is C55H37N. The molecule has 0 radical (unpaired) electrons. The van der Waals surface area contributed by atoms with Gasteiger partial charge in [0.15, 0.2) is 0 Å². The summed E-state index contributed by atoms with van der Waals surface area (Å²) >= 11 is 0. The smallest absolute Gasteiger partial charge is 0.0726 e. The van der Waals surface area contributed by atoms with Crippen molar-refractivity contribution in [3.05, 3.63) is 247 Å². The van der Waals surface area contributed by atoms with Crippen molar-refractivity contribution in [1.29, 1.82) is 0 Å². The quantitative estimate of drug-likeness (QED) is 0.166. The van der Waals surface area contributed by atoms with Crippen LogP contribution in [0, 0.1) is 0 Å². The fourth-order valence-electron chi connectivity index (χ4n) is 9.54. The van der Waals surface area contributed by atoms with E-state index in [0.717, 1.165) is 17.1 Å². The molecule has 0 saturated carbocycles. The summed E-state index contributed by atoms with van der Waals surface area (Å²) in [6, 6.07) is 82.4. The van der Waals surface area contributed by atoms with Crippen molar-refractivity contribution in [1.82, 2.24) is 0 Å². The highest BCUT2D eigenvalue weighted by Gasteiger charge is 2.52. The first kappa shape index (κ1) is 32.2. The minimum absolute atomic E-state index is 0.467. The van der Waals surface area contributed by atoms with E-state index in [1.807, 2.05) is 0 Å². The maximum absolute atomic E-state index is 2.49. The standard InChI is InChI=1S/C55H37N/c1-4-17-38(18-5-1)40-31-34-43(35-32-40)56(52-29-15-12-23-44(52)41-21-8-3-9-22-41)53-30-16-28-51-54(53)46-25-11-14-27-49(46)55(51)48-26-13-10-24-45(48)47-37-42(33-36-50(47)55)39-19-6-2-7-20-39/h1-37H. The van der Waals surface area contributed by atoms with Crippen molar-refractivity contribution in [3.63, 3.8) is 0 Å². The number of anilines is 3. The molecule has 0 aromatic heterocycles. The Hall–Kier alpha value is -7.22. The molecule has 2 aliphatic carbocycles. The molecule has 1 atom stereocenters. The first-order chi connectivity index (χ1) is 27.8. The van der Waals surface area contributed by atoms with E-state index in [1.54, 1.807) is 0 Å². The van der Waals surface area contributed by atoms with Gasteiger partial charge in [-0.15, -0.1) is 0 Å². The van der Waals surface area contributed by atoms with Gasteiger partial charge < -0.3 is 4.90 Å². The van der Waals surface area contributed by atoms with Gasteiger partial charge in [0, 0.05) is 16.8 Å². The minimum atomic E-state index is -0.467. The Bertz CT molecular complexity index is 2890. The summed E-state index contributed by atoms with van der Waals surface area (Å²) in [4.78, 5) is 2.49. The van der Waals surface area contributed by atoms with Crippen molar-refractivity contribution in [3.8, 4) is 55.6 Å². The van der Waals surface area contributed by atoms with Gasteiger partial charge in [-0.3, -0.25) is 0 Å². The Morgan fingerprint density at radius 2 is 0.732 bits per heavy atom. The van der Waals surface area contributed by atoms with Crippen LogP contribution in [0.4, 0.5) is 17.1 Å². The van der Waals surface area contributed by atoms with E-state index in [9.17, 15) is 0 Å². The topological polar surface area (TPSA) is 3.24 Å². The predicted octanol–water partition coefficient (Wildman–Crippen LogP) is 14.5. The molecule has 0 bridgehead atoms. The number of benzene rings is 9. The van der Waals surface area contributed by atoms with Crippen molar-refractivity contribution in [2.45, 2.75) is 5.41 Å². The van der Waals surface area contributed by atoms with Gasteiger partial charge in [0.05, 0.1) is 16.8 Å². The molecule has 0 saturated heterocycles. The molecular weight excluding hydrogens is 675 g/mol. The second-order valence-electron chi connectivity index (χ2n) is 14.8. The average Bonchev–Trinajstić information content (AvgIpc) is 3.75. The lowest BCUT2D eigenvalue weighted by Gasteiger charge is -2.32. The number of para-hydroxylation sites is 1. The van der Waals surface area contributed by atoms with Crippen LogP contribution < -0.4 is 4.90 Å². The van der Waals surface area contributed by atoms with E-state index in [4.69, 9.17) is 0 Å². The molecule has 1 spiro atoms. The van der Waals surface area contributed by atoms with E-state index in [2.05, 4.69) is 229 Å². The minimum Gasteiger partial charge on any atom is -0.309 e. The lowest BCUT2D eigenvalue weighted by molar-refractivity contribution is 0.794. The van der Waals surface area contributed by atoms with Crippen LogP contribution in [0.2, 0.25) is 0 Å². The van der Waals surface area contributed by atoms with Crippen molar-refractivity contribution >= 4 is 17.1 Å². The van der Waals surface area contributed by atoms with Crippen LogP contribution in [0.15, 0.2) is 224 Å². The Morgan fingerprint density at radius 3 is 1.43 bits per heavy atom. The van der Waals surface area contributed by atoms with Crippen molar-refractivity contribution in [2.24, 2.45) is 0 Å². The number of rotatable bonds is 6. The molecule has 0 amide bonds. The molecule has 9 aromatic rings. The van der Waals surface area contributed by atoms with Gasteiger partial charge in [0.25, 0.3) is 0 Å². The van der Waals surface area contributed by atoms with Crippen molar-refractivity contribution in [2.75, 3.05) is 4.90 Å². The molecule has 56 heavy (non-hydrogen) atoms. The monoisotopic (exact) mass is 711 g/mol. The van der Waals surface area contributed by atoms with Crippen LogP contribution in [-0.2, 0) is 5.41 Å². The van der Waals surface area contributed by atoms with Gasteiger partial charge in [0.1, 0.15) is 0 Å². The van der Waals surface area contributed by atoms with Crippen LogP contribution in [0.25, 0.3) is 55.6 Å². The zero-order chi connectivity index (χ0) is 37.1. The zero-order valence-electron chi connectivity index (χ0n) is 30.8. The SMILES string of the molecule is c1ccc(-c2ccc(N(c3ccccc3-c3ccccc3)c3cccc4c3-c3ccccc3C43c4ccccc4-c4cc(-c5ccccc5)ccc43)cc2)cc1. The molecule has 1 heteroatoms. The first-order valence-electron chi connectivity index (χ1n) is 19.4. The second kappa shape index (κ2) is 13.0. The Balaban J connectivity index is 1.18. The highest BCUT2D eigenvalue weighted by molar-refractivity contribution is 6.02. The summed E-state index contributed by atoms with van der Waals surface area (Å²) in [5, 5.41) is 0. The van der Waals surface area contributed by atoms with Gasteiger partial charge in [-0.2, -0.15) is 0 Å². The summed E-state index contributed by atoms with van der Waals surface area (Å²) in [5.41, 5.74) is 20.7. The molecule has 0 N–H and O–H groups in total. The van der Waals surface area contributed by atoms with Crippen molar-refractivity contribution < 1.29 is 0 Å². The maximum Gasteiger partial charge on any atom is 0.0726 e. The lowest BCUT2D eigenvalue weighted by Crippen LogP contribution is -2.26. The summed E-state index contributed by atoms with van der Waals surface area (Å²) in [6.07, 6.45) is 0. The van der Waals surface area contributed by atoms with E-state index in [0.29, 0.717) is 0 Å². The summed E-state index contributed by atoms with van der Waals surface area (Å²) in [5.74, 6) is 0. The third-order valence-corrected chi connectivity index (χ3v) is 11.9. The van der Waals surface area contributed by atoms with Crippen LogP contribution in [0.1, 0.15) is 22.3 Å². The van der Waals surface area contributed by atoms with Gasteiger partial charge in [-0.25, -0.2) is 0 Å². The van der Waals surface area contributed by atoms with Gasteiger partial charge in [-0.05, 0) is 97.1 Å². The Kier molecular flexibility index (Phi) is 7.47. The van der Waals surface area contributed by atoms with Crippen LogP contribution in [0.3, 0.4) is 0 Å². The molecule has 0 aliphatic heterocycles. The highest BCUT2D eigenvalue weighted by atomic mass is 15.1. The Labute approximate surface area is 328 Å².